The Labute approximate surface area is 304 Å². The van der Waals surface area contributed by atoms with Gasteiger partial charge in [-0.3, -0.25) is 9.59 Å². The molecule has 2 N–H and O–H groups in total. The van der Waals surface area contributed by atoms with E-state index in [2.05, 4.69) is 22.2 Å². The number of alkyl carbamates (subject to hydrolysis) is 1. The van der Waals surface area contributed by atoms with E-state index in [-0.39, 0.29) is 18.9 Å². The summed E-state index contributed by atoms with van der Waals surface area (Å²) in [4.78, 5) is 52.7. The Balaban J connectivity index is 1.52. The summed E-state index contributed by atoms with van der Waals surface area (Å²) >= 11 is 1.51. The molecule has 51 heavy (non-hydrogen) atoms. The van der Waals surface area contributed by atoms with Gasteiger partial charge in [0.15, 0.2) is 0 Å². The first kappa shape index (κ1) is 38.3. The molecule has 3 heterocycles. The highest BCUT2D eigenvalue weighted by molar-refractivity contribution is 7.64. The Morgan fingerprint density at radius 2 is 1.82 bits per heavy atom. The molecule has 1 saturated heterocycles. The largest absolute Gasteiger partial charge is 0.497 e. The standard InChI is InChI=1S/C37H50N5O7PS/c1-12-22-18-37(22,50(10,11)46)41-32(43)29-16-24(19-42(29)33(44)31(35(3,4)5)40-34(45)49-36(6,7)8)48-30-17-27(28-20-51-21(2)38-28)39-26-15-23(47-9)13-14-25(26)30/h12-15,17,20,22,24,29,31H,1,16,18-19H2,2-11H3,(H,40,45)(H,41,43). The van der Waals surface area contributed by atoms with Gasteiger partial charge in [-0.15, -0.1) is 17.9 Å². The zero-order chi connectivity index (χ0) is 37.7. The molecule has 2 fully saturated rings. The van der Waals surface area contributed by atoms with Crippen LogP contribution in [0.5, 0.6) is 11.5 Å². The van der Waals surface area contributed by atoms with Crippen LogP contribution in [0, 0.1) is 18.3 Å². The van der Waals surface area contributed by atoms with Crippen molar-refractivity contribution in [2.45, 2.75) is 90.4 Å². The molecular formula is C37H50N5O7PS. The fraction of sp³-hybridized carbons (Fsp3) is 0.541. The van der Waals surface area contributed by atoms with Gasteiger partial charge in [-0.25, -0.2) is 14.8 Å². The van der Waals surface area contributed by atoms with Gasteiger partial charge >= 0.3 is 6.09 Å². The number of likely N-dealkylation sites (tertiary alicyclic amines) is 1. The Morgan fingerprint density at radius 3 is 2.37 bits per heavy atom. The number of nitrogens with zero attached hydrogens (tertiary/aromatic N) is 3. The number of fused-ring (bicyclic) bond motifs is 1. The smallest absolute Gasteiger partial charge is 0.408 e. The summed E-state index contributed by atoms with van der Waals surface area (Å²) < 4.78 is 31.2. The number of hydrogen-bond acceptors (Lipinski definition) is 10. The molecule has 276 valence electrons. The molecule has 5 rings (SSSR count). The lowest BCUT2D eigenvalue weighted by molar-refractivity contribution is -0.142. The van der Waals surface area contributed by atoms with E-state index in [1.54, 1.807) is 47.3 Å². The minimum atomic E-state index is -2.82. The van der Waals surface area contributed by atoms with Crippen LogP contribution in [0.15, 0.2) is 42.3 Å². The molecule has 1 aliphatic carbocycles. The van der Waals surface area contributed by atoms with E-state index in [9.17, 15) is 18.9 Å². The van der Waals surface area contributed by atoms with Crippen LogP contribution in [-0.2, 0) is 18.9 Å². The van der Waals surface area contributed by atoms with Crippen LogP contribution in [0.2, 0.25) is 0 Å². The fourth-order valence-corrected chi connectivity index (χ4v) is 9.08. The van der Waals surface area contributed by atoms with Crippen LogP contribution >= 0.6 is 18.5 Å². The SMILES string of the molecule is C=CC1CC1(NC(=O)C1CC(Oc2cc(-c3csc(C)n3)nc3cc(OC)ccc23)CN1C(=O)C(NC(=O)OC(C)(C)C)C(C)(C)C)P(C)(C)=O. The number of hydrogen-bond donors (Lipinski definition) is 2. The highest BCUT2D eigenvalue weighted by atomic mass is 32.1. The highest BCUT2D eigenvalue weighted by Crippen LogP contribution is 2.67. The number of rotatable bonds is 10. The average molecular weight is 740 g/mol. The van der Waals surface area contributed by atoms with Gasteiger partial charge < -0.3 is 34.3 Å². The summed E-state index contributed by atoms with van der Waals surface area (Å²) in [5.41, 5.74) is 0.409. The lowest BCUT2D eigenvalue weighted by atomic mass is 9.85. The molecule has 5 unspecified atom stereocenters. The van der Waals surface area contributed by atoms with Gasteiger partial charge in [0.2, 0.25) is 11.8 Å². The van der Waals surface area contributed by atoms with Crippen molar-refractivity contribution in [2.24, 2.45) is 11.3 Å². The molecule has 1 aromatic carbocycles. The first-order valence-corrected chi connectivity index (χ1v) is 20.5. The Bertz CT molecular complexity index is 1890. The molecule has 3 aromatic rings. The monoisotopic (exact) mass is 739 g/mol. The van der Waals surface area contributed by atoms with Crippen molar-refractivity contribution in [3.8, 4) is 22.9 Å². The number of carbonyl (C=O) groups excluding carboxylic acids is 3. The third kappa shape index (κ3) is 8.25. The van der Waals surface area contributed by atoms with Crippen molar-refractivity contribution in [1.82, 2.24) is 25.5 Å². The van der Waals surface area contributed by atoms with E-state index in [0.29, 0.717) is 34.8 Å². The quantitative estimate of drug-likeness (QED) is 0.173. The lowest BCUT2D eigenvalue weighted by Gasteiger charge is -2.36. The van der Waals surface area contributed by atoms with Crippen LogP contribution < -0.4 is 20.1 Å². The van der Waals surface area contributed by atoms with Crippen LogP contribution in [0.4, 0.5) is 4.79 Å². The molecule has 0 spiro atoms. The maximum atomic E-state index is 14.5. The zero-order valence-corrected chi connectivity index (χ0v) is 32.9. The van der Waals surface area contributed by atoms with E-state index in [1.807, 2.05) is 57.3 Å². The number of thiazole rings is 1. The third-order valence-corrected chi connectivity index (χ3v) is 12.7. The number of methoxy groups -OCH3 is 1. The molecule has 2 aliphatic rings. The van der Waals surface area contributed by atoms with Gasteiger partial charge in [-0.05, 0) is 65.0 Å². The van der Waals surface area contributed by atoms with E-state index in [1.165, 1.54) is 16.2 Å². The maximum absolute atomic E-state index is 14.5. The van der Waals surface area contributed by atoms with E-state index >= 15 is 0 Å². The number of pyridine rings is 1. The summed E-state index contributed by atoms with van der Waals surface area (Å²) in [7, 11) is -1.24. The van der Waals surface area contributed by atoms with Crippen molar-refractivity contribution >= 4 is 47.3 Å². The van der Waals surface area contributed by atoms with Crippen molar-refractivity contribution in [3.05, 3.63) is 47.3 Å². The molecule has 0 radical (unpaired) electrons. The highest BCUT2D eigenvalue weighted by Gasteiger charge is 2.62. The Morgan fingerprint density at radius 1 is 1.12 bits per heavy atom. The number of aryl methyl sites for hydroxylation is 1. The van der Waals surface area contributed by atoms with E-state index < -0.39 is 59.5 Å². The number of nitrogens with one attached hydrogen (secondary N) is 2. The van der Waals surface area contributed by atoms with E-state index in [0.717, 1.165) is 10.4 Å². The van der Waals surface area contributed by atoms with Crippen LogP contribution in [0.3, 0.4) is 0 Å². The van der Waals surface area contributed by atoms with Gasteiger partial charge in [-0.1, -0.05) is 26.8 Å². The third-order valence-electron chi connectivity index (χ3n) is 9.35. The van der Waals surface area contributed by atoms with Crippen molar-refractivity contribution in [2.75, 3.05) is 27.0 Å². The number of benzene rings is 1. The number of ether oxygens (including phenoxy) is 3. The van der Waals surface area contributed by atoms with Gasteiger partial charge in [0.05, 0.1) is 40.8 Å². The Kier molecular flexibility index (Phi) is 10.4. The molecule has 12 nitrogen and oxygen atoms in total. The van der Waals surface area contributed by atoms with Crippen LogP contribution in [-0.4, -0.2) is 88.8 Å². The number of aromatic nitrogens is 2. The molecule has 5 atom stereocenters. The van der Waals surface area contributed by atoms with E-state index in [4.69, 9.17) is 19.2 Å². The van der Waals surface area contributed by atoms with Gasteiger partial charge in [0, 0.05) is 35.2 Å². The second-order valence-electron chi connectivity index (χ2n) is 15.9. The molecule has 0 bridgehead atoms. The number of carbonyl (C=O) groups is 3. The molecule has 3 amide bonds. The average Bonchev–Trinajstić information content (AvgIpc) is 3.33. The summed E-state index contributed by atoms with van der Waals surface area (Å²) in [5.74, 6) is 0.102. The molecule has 1 aliphatic heterocycles. The molecule has 14 heteroatoms. The normalized spacial score (nSPS) is 22.6. The minimum Gasteiger partial charge on any atom is -0.497 e. The first-order valence-electron chi connectivity index (χ1n) is 17.0. The zero-order valence-electron chi connectivity index (χ0n) is 31.2. The van der Waals surface area contributed by atoms with Crippen molar-refractivity contribution < 1.29 is 33.2 Å². The molecule has 1 saturated carbocycles. The number of amides is 3. The van der Waals surface area contributed by atoms with Gasteiger partial charge in [0.1, 0.15) is 42.4 Å². The topological polar surface area (TPSA) is 149 Å². The van der Waals surface area contributed by atoms with Crippen molar-refractivity contribution in [3.63, 3.8) is 0 Å². The summed E-state index contributed by atoms with van der Waals surface area (Å²) in [6.07, 6.45) is 1.01. The summed E-state index contributed by atoms with van der Waals surface area (Å²) in [5, 5.41) is 8.46. The predicted molar refractivity (Wildman–Crippen MR) is 200 cm³/mol. The van der Waals surface area contributed by atoms with Crippen LogP contribution in [0.25, 0.3) is 22.3 Å². The predicted octanol–water partition coefficient (Wildman–Crippen LogP) is 6.60. The fourth-order valence-electron chi connectivity index (χ4n) is 6.56. The lowest BCUT2D eigenvalue weighted by Crippen LogP contribution is -2.59. The second kappa shape index (κ2) is 13.9. The second-order valence-corrected chi connectivity index (χ2v) is 20.4. The molecule has 2 aromatic heterocycles. The van der Waals surface area contributed by atoms with Gasteiger partial charge in [0.25, 0.3) is 0 Å². The van der Waals surface area contributed by atoms with Crippen LogP contribution in [0.1, 0.15) is 59.4 Å². The van der Waals surface area contributed by atoms with Crippen molar-refractivity contribution in [1.29, 1.82) is 0 Å². The van der Waals surface area contributed by atoms with Gasteiger partial charge in [-0.2, -0.15) is 0 Å². The summed E-state index contributed by atoms with van der Waals surface area (Å²) in [6.45, 7) is 19.9. The maximum Gasteiger partial charge on any atom is 0.408 e. The first-order chi connectivity index (χ1) is 23.7. The molecular weight excluding hydrogens is 689 g/mol. The minimum absolute atomic E-state index is 0.0540. The summed E-state index contributed by atoms with van der Waals surface area (Å²) in [6, 6.07) is 5.32. The Hall–Kier alpha value is -3.96.